The summed E-state index contributed by atoms with van der Waals surface area (Å²) in [4.78, 5) is 5.57. The molecule has 0 fully saturated rings. The second-order valence-corrected chi connectivity index (χ2v) is 11.1. The second-order valence-electron chi connectivity index (χ2n) is 6.38. The molecule has 0 radical (unpaired) electrons. The Kier molecular flexibility index (Phi) is 9.10. The highest BCUT2D eigenvalue weighted by Crippen LogP contribution is 2.37. The molecule has 0 N–H and O–H groups in total. The summed E-state index contributed by atoms with van der Waals surface area (Å²) < 4.78 is 16.4. The smallest absolute Gasteiger partial charge is 0.238 e. The highest BCUT2D eigenvalue weighted by Gasteiger charge is 2.39. The minimum atomic E-state index is -1.89. The molecule has 4 nitrogen and oxygen atoms in total. The number of unbranched alkanes of at least 4 members (excludes halogenated alkanes) is 1. The quantitative estimate of drug-likeness (QED) is 0.199. The lowest BCUT2D eigenvalue weighted by molar-refractivity contribution is -0.331. The molecule has 1 unspecified atom stereocenters. The van der Waals surface area contributed by atoms with Crippen LogP contribution in [0.1, 0.15) is 47.0 Å². The van der Waals surface area contributed by atoms with Crippen LogP contribution in [0.15, 0.2) is 0 Å². The van der Waals surface area contributed by atoms with E-state index in [1.165, 1.54) is 0 Å². The first-order valence-corrected chi connectivity index (χ1v) is 10.1. The van der Waals surface area contributed by atoms with Crippen LogP contribution in [0, 0.1) is 0 Å². The number of hydrogen-bond acceptors (Lipinski definition) is 4. The molecule has 0 aromatic rings. The Hall–Kier alpha value is 0.0569. The van der Waals surface area contributed by atoms with E-state index in [0.717, 1.165) is 19.3 Å². The van der Waals surface area contributed by atoms with Crippen molar-refractivity contribution in [3.05, 3.63) is 0 Å². The van der Waals surface area contributed by atoms with Crippen LogP contribution < -0.4 is 0 Å². The Labute approximate surface area is 119 Å². The molecule has 0 aliphatic rings. The third-order valence-electron chi connectivity index (χ3n) is 3.55. The Bertz CT molecular complexity index is 226. The van der Waals surface area contributed by atoms with Crippen molar-refractivity contribution in [2.45, 2.75) is 71.4 Å². The van der Waals surface area contributed by atoms with Crippen LogP contribution in [0.4, 0.5) is 0 Å². The molecule has 5 heteroatoms. The van der Waals surface area contributed by atoms with Crippen LogP contribution in [0.3, 0.4) is 0 Å². The third-order valence-corrected chi connectivity index (χ3v) is 7.68. The molecule has 0 heterocycles. The average molecular weight is 292 g/mol. The summed E-state index contributed by atoms with van der Waals surface area (Å²) in [7, 11) is -0.224. The lowest BCUT2D eigenvalue weighted by atomic mass is 10.2. The first kappa shape index (κ1) is 19.1. The number of rotatable bonds is 10. The van der Waals surface area contributed by atoms with Crippen LogP contribution in [0.2, 0.25) is 18.1 Å². The molecular formula is C14H32O4Si. The van der Waals surface area contributed by atoms with Crippen molar-refractivity contribution in [3.63, 3.8) is 0 Å². The monoisotopic (exact) mass is 292 g/mol. The van der Waals surface area contributed by atoms with Crippen molar-refractivity contribution >= 4 is 8.32 Å². The van der Waals surface area contributed by atoms with E-state index < -0.39 is 8.32 Å². The van der Waals surface area contributed by atoms with Gasteiger partial charge in [-0.25, -0.2) is 4.89 Å². The first-order chi connectivity index (χ1) is 8.74. The first-order valence-electron chi connectivity index (χ1n) is 7.19. The lowest BCUT2D eigenvalue weighted by Gasteiger charge is -2.35. The Morgan fingerprint density at radius 3 is 2.21 bits per heavy atom. The molecule has 19 heavy (non-hydrogen) atoms. The summed E-state index contributed by atoms with van der Waals surface area (Å²) in [6.07, 6.45) is 2.75. The molecule has 0 saturated heterocycles. The molecule has 0 saturated carbocycles. The molecular weight excluding hydrogens is 260 g/mol. The molecule has 0 rings (SSSR count). The summed E-state index contributed by atoms with van der Waals surface area (Å²) in [5.74, 6) is 0. The van der Waals surface area contributed by atoms with Crippen molar-refractivity contribution in [1.29, 1.82) is 0 Å². The molecule has 1 atom stereocenters. The van der Waals surface area contributed by atoms with Crippen molar-refractivity contribution in [2.75, 3.05) is 20.3 Å². The number of methoxy groups -OCH3 is 1. The lowest BCUT2D eigenvalue weighted by Crippen LogP contribution is -2.42. The predicted molar refractivity (Wildman–Crippen MR) is 80.5 cm³/mol. The number of ether oxygens (including phenoxy) is 2. The molecule has 0 aliphatic carbocycles. The zero-order valence-electron chi connectivity index (χ0n) is 13.7. The van der Waals surface area contributed by atoms with Crippen molar-refractivity contribution in [2.24, 2.45) is 0 Å². The van der Waals surface area contributed by atoms with Crippen LogP contribution >= 0.6 is 0 Å². The van der Waals surface area contributed by atoms with Gasteiger partial charge in [-0.1, -0.05) is 34.1 Å². The summed E-state index contributed by atoms with van der Waals surface area (Å²) >= 11 is 0. The van der Waals surface area contributed by atoms with Crippen molar-refractivity contribution < 1.29 is 18.9 Å². The van der Waals surface area contributed by atoms with Crippen LogP contribution in [0.5, 0.6) is 0 Å². The molecule has 0 aromatic heterocycles. The summed E-state index contributed by atoms with van der Waals surface area (Å²) in [5, 5.41) is 0.134. The molecule has 0 aliphatic heterocycles. The van der Waals surface area contributed by atoms with Gasteiger partial charge in [0.2, 0.25) is 8.32 Å². The number of hydrogen-bond donors (Lipinski definition) is 0. The van der Waals surface area contributed by atoms with Crippen LogP contribution in [0.25, 0.3) is 0 Å². The fraction of sp³-hybridized carbons (Fsp3) is 1.00. The maximum absolute atomic E-state index is 5.76. The minimum Gasteiger partial charge on any atom is -0.382 e. The Balaban J connectivity index is 4.23. The SMILES string of the molecule is CCCCC(OCCOC)OO[Si](C)(C)C(C)(C)C. The van der Waals surface area contributed by atoms with E-state index in [1.807, 2.05) is 0 Å². The van der Waals surface area contributed by atoms with Gasteiger partial charge in [-0.3, -0.25) is 4.58 Å². The van der Waals surface area contributed by atoms with Gasteiger partial charge in [0.1, 0.15) is 0 Å². The second kappa shape index (κ2) is 9.08. The minimum absolute atomic E-state index is 0.134. The van der Waals surface area contributed by atoms with E-state index >= 15 is 0 Å². The van der Waals surface area contributed by atoms with E-state index in [9.17, 15) is 0 Å². The summed E-state index contributed by atoms with van der Waals surface area (Å²) in [6, 6.07) is 0. The highest BCUT2D eigenvalue weighted by atomic mass is 28.4. The summed E-state index contributed by atoms with van der Waals surface area (Å²) in [6.45, 7) is 14.2. The summed E-state index contributed by atoms with van der Waals surface area (Å²) in [5.41, 5.74) is 0. The van der Waals surface area contributed by atoms with Crippen LogP contribution in [-0.4, -0.2) is 34.9 Å². The van der Waals surface area contributed by atoms with Crippen molar-refractivity contribution in [1.82, 2.24) is 0 Å². The standard InChI is InChI=1S/C14H32O4Si/c1-8-9-10-13(16-12-11-15-5)17-18-19(6,7)14(2,3)4/h13H,8-12H2,1-7H3. The van der Waals surface area contributed by atoms with Gasteiger partial charge in [0, 0.05) is 13.5 Å². The normalized spacial score (nSPS) is 14.7. The highest BCUT2D eigenvalue weighted by molar-refractivity contribution is 6.73. The molecule has 0 aromatic carbocycles. The fourth-order valence-corrected chi connectivity index (χ4v) is 1.69. The van der Waals surface area contributed by atoms with Gasteiger partial charge in [0.15, 0.2) is 6.29 Å². The van der Waals surface area contributed by atoms with E-state index in [4.69, 9.17) is 18.9 Å². The van der Waals surface area contributed by atoms with E-state index in [1.54, 1.807) is 7.11 Å². The average Bonchev–Trinajstić information content (AvgIpc) is 2.30. The molecule has 0 bridgehead atoms. The van der Waals surface area contributed by atoms with Gasteiger partial charge in [-0.05, 0) is 24.6 Å². The van der Waals surface area contributed by atoms with Gasteiger partial charge in [0.25, 0.3) is 0 Å². The molecule has 0 spiro atoms. The van der Waals surface area contributed by atoms with Crippen LogP contribution in [-0.2, 0) is 18.9 Å². The Morgan fingerprint density at radius 1 is 1.11 bits per heavy atom. The zero-order chi connectivity index (χ0) is 14.9. The van der Waals surface area contributed by atoms with Gasteiger partial charge in [-0.2, -0.15) is 0 Å². The van der Waals surface area contributed by atoms with Gasteiger partial charge < -0.3 is 9.47 Å². The van der Waals surface area contributed by atoms with Gasteiger partial charge in [0.05, 0.1) is 13.2 Å². The largest absolute Gasteiger partial charge is 0.382 e. The van der Waals surface area contributed by atoms with Gasteiger partial charge in [-0.15, -0.1) is 0 Å². The zero-order valence-corrected chi connectivity index (χ0v) is 14.7. The maximum atomic E-state index is 5.76. The van der Waals surface area contributed by atoms with E-state index in [-0.39, 0.29) is 11.3 Å². The van der Waals surface area contributed by atoms with Crippen molar-refractivity contribution in [3.8, 4) is 0 Å². The molecule has 116 valence electrons. The maximum Gasteiger partial charge on any atom is 0.238 e. The third kappa shape index (κ3) is 8.04. The predicted octanol–water partition coefficient (Wildman–Crippen LogP) is 4.12. The van der Waals surface area contributed by atoms with Gasteiger partial charge >= 0.3 is 0 Å². The van der Waals surface area contributed by atoms with E-state index in [2.05, 4.69) is 40.8 Å². The molecule has 0 amide bonds. The topological polar surface area (TPSA) is 36.9 Å². The van der Waals surface area contributed by atoms with E-state index in [0.29, 0.717) is 13.2 Å². The Morgan fingerprint density at radius 2 is 1.74 bits per heavy atom. The fourth-order valence-electron chi connectivity index (χ4n) is 1.09.